The van der Waals surface area contributed by atoms with Crippen LogP contribution in [0.25, 0.3) is 0 Å². The third-order valence-corrected chi connectivity index (χ3v) is 3.73. The zero-order valence-electron chi connectivity index (χ0n) is 16.0. The predicted octanol–water partition coefficient (Wildman–Crippen LogP) is 4.60. The van der Waals surface area contributed by atoms with E-state index in [1.54, 1.807) is 57.2 Å². The Morgan fingerprint density at radius 1 is 0.926 bits per heavy atom. The number of para-hydroxylation sites is 2. The van der Waals surface area contributed by atoms with Crippen molar-refractivity contribution in [2.45, 2.75) is 39.7 Å². The summed E-state index contributed by atoms with van der Waals surface area (Å²) in [6.45, 7) is 6.43. The maximum absolute atomic E-state index is 12.8. The molecule has 0 spiro atoms. The number of benzene rings is 2. The van der Waals surface area contributed by atoms with Gasteiger partial charge in [-0.3, -0.25) is 14.4 Å². The summed E-state index contributed by atoms with van der Waals surface area (Å²) in [5.74, 6) is -1.62. The molecule has 0 saturated carbocycles. The summed E-state index contributed by atoms with van der Waals surface area (Å²) in [4.78, 5) is 37.0. The van der Waals surface area contributed by atoms with Gasteiger partial charge in [-0.25, -0.2) is 0 Å². The van der Waals surface area contributed by atoms with Gasteiger partial charge in [-0.05, 0) is 52.0 Å². The molecule has 0 bridgehead atoms. The van der Waals surface area contributed by atoms with E-state index in [0.29, 0.717) is 17.1 Å². The third-order valence-electron chi connectivity index (χ3n) is 3.73. The van der Waals surface area contributed by atoms with Crippen LogP contribution in [-0.2, 0) is 14.3 Å². The van der Waals surface area contributed by atoms with Gasteiger partial charge in [-0.1, -0.05) is 30.3 Å². The number of Topliss-reactive ketones (excluding diaryl/α,β-unsaturated/α-hetero) is 2. The molecule has 0 unspecified atom stereocenters. The lowest BCUT2D eigenvalue weighted by atomic mass is 9.94. The van der Waals surface area contributed by atoms with E-state index < -0.39 is 23.3 Å². The van der Waals surface area contributed by atoms with Crippen LogP contribution in [0.5, 0.6) is 11.5 Å². The normalized spacial score (nSPS) is 12.1. The first-order valence-corrected chi connectivity index (χ1v) is 8.76. The highest BCUT2D eigenvalue weighted by Gasteiger charge is 2.31. The number of esters is 1. The van der Waals surface area contributed by atoms with Gasteiger partial charge in [0.1, 0.15) is 28.8 Å². The molecule has 0 N–H and O–H groups in total. The molecule has 5 heteroatoms. The maximum atomic E-state index is 12.8. The molecule has 0 heterocycles. The summed E-state index contributed by atoms with van der Waals surface area (Å²) in [5.41, 5.74) is -0.418. The molecule has 0 radical (unpaired) electrons. The molecular weight excluding hydrogens is 344 g/mol. The van der Waals surface area contributed by atoms with Crippen molar-refractivity contribution in [2.75, 3.05) is 0 Å². The molecule has 5 nitrogen and oxygen atoms in total. The van der Waals surface area contributed by atoms with E-state index in [4.69, 9.17) is 9.47 Å². The zero-order chi connectivity index (χ0) is 20.0. The Balaban J connectivity index is 2.21. The van der Waals surface area contributed by atoms with Crippen molar-refractivity contribution in [2.24, 2.45) is 5.92 Å². The van der Waals surface area contributed by atoms with E-state index in [1.165, 1.54) is 6.92 Å². The van der Waals surface area contributed by atoms with Gasteiger partial charge in [0.15, 0.2) is 5.78 Å². The number of carbonyl (C=O) groups excluding carboxylic acids is 3. The Kier molecular flexibility index (Phi) is 6.50. The summed E-state index contributed by atoms with van der Waals surface area (Å²) in [6, 6.07) is 15.8. The van der Waals surface area contributed by atoms with Gasteiger partial charge in [0.05, 0.1) is 5.56 Å². The van der Waals surface area contributed by atoms with Crippen molar-refractivity contribution >= 4 is 17.5 Å². The summed E-state index contributed by atoms with van der Waals surface area (Å²) in [6.07, 6.45) is -0.264. The van der Waals surface area contributed by atoms with Crippen LogP contribution in [0.2, 0.25) is 0 Å². The minimum atomic E-state index is -1.14. The van der Waals surface area contributed by atoms with Gasteiger partial charge >= 0.3 is 5.97 Å². The van der Waals surface area contributed by atoms with E-state index >= 15 is 0 Å². The minimum Gasteiger partial charge on any atom is -0.459 e. The average molecular weight is 368 g/mol. The first-order chi connectivity index (χ1) is 12.7. The molecule has 0 fully saturated rings. The fourth-order valence-corrected chi connectivity index (χ4v) is 2.46. The van der Waals surface area contributed by atoms with E-state index in [1.807, 2.05) is 18.2 Å². The van der Waals surface area contributed by atoms with Crippen molar-refractivity contribution in [3.8, 4) is 11.5 Å². The van der Waals surface area contributed by atoms with E-state index in [9.17, 15) is 14.4 Å². The second kappa shape index (κ2) is 8.62. The molecule has 0 aliphatic carbocycles. The lowest BCUT2D eigenvalue weighted by molar-refractivity contribution is -0.161. The highest BCUT2D eigenvalue weighted by atomic mass is 16.6. The molecule has 2 rings (SSSR count). The second-order valence-electron chi connectivity index (χ2n) is 7.24. The van der Waals surface area contributed by atoms with Gasteiger partial charge < -0.3 is 9.47 Å². The number of ether oxygens (including phenoxy) is 2. The Labute approximate surface area is 159 Å². The van der Waals surface area contributed by atoms with Crippen LogP contribution in [0.4, 0.5) is 0 Å². The quantitative estimate of drug-likeness (QED) is 0.406. The minimum absolute atomic E-state index is 0.264. The molecule has 0 aliphatic rings. The predicted molar refractivity (Wildman–Crippen MR) is 102 cm³/mol. The average Bonchev–Trinajstić information content (AvgIpc) is 2.59. The summed E-state index contributed by atoms with van der Waals surface area (Å²) in [7, 11) is 0. The van der Waals surface area contributed by atoms with Crippen LogP contribution in [0.3, 0.4) is 0 Å². The molecule has 27 heavy (non-hydrogen) atoms. The molecule has 0 amide bonds. The smallest absolute Gasteiger partial charge is 0.317 e. The molecule has 2 aromatic rings. The third kappa shape index (κ3) is 6.06. The Hall–Kier alpha value is -2.95. The van der Waals surface area contributed by atoms with Crippen molar-refractivity contribution in [1.29, 1.82) is 0 Å². The number of rotatable bonds is 7. The molecule has 2 aromatic carbocycles. The Morgan fingerprint density at radius 3 is 2.11 bits per heavy atom. The van der Waals surface area contributed by atoms with Crippen LogP contribution < -0.4 is 4.74 Å². The van der Waals surface area contributed by atoms with Crippen LogP contribution in [0, 0.1) is 5.92 Å². The fraction of sp³-hybridized carbons (Fsp3) is 0.318. The first kappa shape index (κ1) is 20.4. The van der Waals surface area contributed by atoms with Gasteiger partial charge in [0.25, 0.3) is 0 Å². The highest BCUT2D eigenvalue weighted by molar-refractivity contribution is 6.06. The fourth-order valence-electron chi connectivity index (χ4n) is 2.46. The second-order valence-corrected chi connectivity index (χ2v) is 7.24. The van der Waals surface area contributed by atoms with Gasteiger partial charge in [0.2, 0.25) is 0 Å². The summed E-state index contributed by atoms with van der Waals surface area (Å²) >= 11 is 0. The monoisotopic (exact) mass is 368 g/mol. The van der Waals surface area contributed by atoms with Crippen molar-refractivity contribution in [3.05, 3.63) is 60.2 Å². The molecule has 1 atom stereocenters. The Bertz CT molecular complexity index is 818. The van der Waals surface area contributed by atoms with Crippen molar-refractivity contribution < 1.29 is 23.9 Å². The van der Waals surface area contributed by atoms with Gasteiger partial charge in [0, 0.05) is 6.42 Å². The first-order valence-electron chi connectivity index (χ1n) is 8.76. The number of hydrogen-bond donors (Lipinski definition) is 0. The van der Waals surface area contributed by atoms with E-state index in [-0.39, 0.29) is 12.2 Å². The zero-order valence-corrected chi connectivity index (χ0v) is 16.0. The molecular formula is C22H24O5. The topological polar surface area (TPSA) is 69.7 Å². The van der Waals surface area contributed by atoms with Crippen LogP contribution in [-0.4, -0.2) is 23.1 Å². The molecule has 142 valence electrons. The van der Waals surface area contributed by atoms with Crippen molar-refractivity contribution in [3.63, 3.8) is 0 Å². The summed E-state index contributed by atoms with van der Waals surface area (Å²) < 4.78 is 11.1. The van der Waals surface area contributed by atoms with Crippen molar-refractivity contribution in [1.82, 2.24) is 0 Å². The highest BCUT2D eigenvalue weighted by Crippen LogP contribution is 2.27. The molecule has 0 aromatic heterocycles. The van der Waals surface area contributed by atoms with Gasteiger partial charge in [-0.2, -0.15) is 0 Å². The largest absolute Gasteiger partial charge is 0.459 e. The van der Waals surface area contributed by atoms with Crippen LogP contribution >= 0.6 is 0 Å². The lowest BCUT2D eigenvalue weighted by Gasteiger charge is -2.22. The van der Waals surface area contributed by atoms with Crippen LogP contribution in [0.1, 0.15) is 44.5 Å². The standard InChI is InChI=1S/C22H24O5/c1-15(23)18(21(25)27-22(2,3)4)14-19(24)17-12-8-9-13-20(17)26-16-10-6-5-7-11-16/h5-13,18H,14H2,1-4H3/t18-/m1/s1. The number of ketones is 2. The Morgan fingerprint density at radius 2 is 1.52 bits per heavy atom. The SMILES string of the molecule is CC(=O)[C@@H](CC(=O)c1ccccc1Oc1ccccc1)C(=O)OC(C)(C)C. The molecule has 0 aliphatic heterocycles. The van der Waals surface area contributed by atoms with E-state index in [0.717, 1.165) is 0 Å². The maximum Gasteiger partial charge on any atom is 0.317 e. The van der Waals surface area contributed by atoms with E-state index in [2.05, 4.69) is 0 Å². The van der Waals surface area contributed by atoms with Gasteiger partial charge in [-0.15, -0.1) is 0 Å². The number of carbonyl (C=O) groups is 3. The summed E-state index contributed by atoms with van der Waals surface area (Å²) in [5, 5.41) is 0. The molecule has 0 saturated heterocycles. The number of hydrogen-bond acceptors (Lipinski definition) is 5. The lowest BCUT2D eigenvalue weighted by Crippen LogP contribution is -2.33. The van der Waals surface area contributed by atoms with Crippen LogP contribution in [0.15, 0.2) is 54.6 Å².